The number of likely N-dealkylation sites (tertiary alicyclic amines) is 1. The van der Waals surface area contributed by atoms with Crippen molar-refractivity contribution in [3.63, 3.8) is 0 Å². The van der Waals surface area contributed by atoms with E-state index < -0.39 is 0 Å². The van der Waals surface area contributed by atoms with E-state index in [1.165, 1.54) is 29.5 Å². The number of fused-ring (bicyclic) bond motifs is 1. The summed E-state index contributed by atoms with van der Waals surface area (Å²) in [6, 6.07) is 16.3. The molecule has 140 valence electrons. The second kappa shape index (κ2) is 8.19. The minimum atomic E-state index is -0.0762. The Hall–Kier alpha value is -2.24. The summed E-state index contributed by atoms with van der Waals surface area (Å²) in [5.41, 5.74) is 3.13. The third-order valence-corrected chi connectivity index (χ3v) is 6.27. The highest BCUT2D eigenvalue weighted by atomic mass is 32.1. The standard InChI is InChI=1S/C22H25N3OS/c1-16(25-13-5-2-6-14-25)22(26)23-18-11-9-17(10-12-18)15-21-24-19-7-3-4-8-20(19)27-21/h3-4,7-12,16H,2,5-6,13-15H2,1H3,(H,23,26)/t16-/m1/s1. The lowest BCUT2D eigenvalue weighted by Crippen LogP contribution is -2.44. The molecule has 2 heterocycles. The SMILES string of the molecule is C[C@H](C(=O)Nc1ccc(Cc2nc3ccccc3s2)cc1)N1CCCCC1. The molecule has 0 radical (unpaired) electrons. The summed E-state index contributed by atoms with van der Waals surface area (Å²) in [7, 11) is 0. The van der Waals surface area contributed by atoms with Crippen LogP contribution in [0, 0.1) is 0 Å². The molecule has 2 aromatic carbocycles. The van der Waals surface area contributed by atoms with Gasteiger partial charge in [0.2, 0.25) is 5.91 Å². The fourth-order valence-electron chi connectivity index (χ4n) is 3.59. The van der Waals surface area contributed by atoms with Crippen molar-refractivity contribution in [2.45, 2.75) is 38.6 Å². The number of nitrogens with one attached hydrogen (secondary N) is 1. The number of hydrogen-bond donors (Lipinski definition) is 1. The molecule has 0 saturated carbocycles. The van der Waals surface area contributed by atoms with Gasteiger partial charge < -0.3 is 5.32 Å². The smallest absolute Gasteiger partial charge is 0.241 e. The molecule has 3 aromatic rings. The summed E-state index contributed by atoms with van der Waals surface area (Å²) >= 11 is 1.74. The largest absolute Gasteiger partial charge is 0.325 e. The van der Waals surface area contributed by atoms with E-state index in [0.717, 1.165) is 35.7 Å². The van der Waals surface area contributed by atoms with Crippen LogP contribution in [0.3, 0.4) is 0 Å². The summed E-state index contributed by atoms with van der Waals surface area (Å²) in [6.45, 7) is 4.05. The summed E-state index contributed by atoms with van der Waals surface area (Å²) < 4.78 is 1.23. The van der Waals surface area contributed by atoms with E-state index in [1.54, 1.807) is 11.3 Å². The molecule has 1 aromatic heterocycles. The zero-order valence-electron chi connectivity index (χ0n) is 15.6. The predicted molar refractivity (Wildman–Crippen MR) is 112 cm³/mol. The molecule has 27 heavy (non-hydrogen) atoms. The molecule has 0 aliphatic carbocycles. The van der Waals surface area contributed by atoms with Gasteiger partial charge in [-0.05, 0) is 62.7 Å². The number of anilines is 1. The van der Waals surface area contributed by atoms with Crippen LogP contribution in [0.2, 0.25) is 0 Å². The number of thiazole rings is 1. The summed E-state index contributed by atoms with van der Waals surface area (Å²) in [6.07, 6.45) is 4.48. The second-order valence-electron chi connectivity index (χ2n) is 7.21. The van der Waals surface area contributed by atoms with Crippen molar-refractivity contribution < 1.29 is 4.79 Å². The van der Waals surface area contributed by atoms with E-state index in [2.05, 4.69) is 34.5 Å². The summed E-state index contributed by atoms with van der Waals surface area (Å²) in [5.74, 6) is 0.0795. The van der Waals surface area contributed by atoms with Gasteiger partial charge in [-0.1, -0.05) is 30.7 Å². The van der Waals surface area contributed by atoms with E-state index in [9.17, 15) is 4.79 Å². The maximum atomic E-state index is 12.5. The van der Waals surface area contributed by atoms with Gasteiger partial charge >= 0.3 is 0 Å². The van der Waals surface area contributed by atoms with Gasteiger partial charge in [0.15, 0.2) is 0 Å². The van der Waals surface area contributed by atoms with Crippen LogP contribution in [0.15, 0.2) is 48.5 Å². The van der Waals surface area contributed by atoms with Crippen LogP contribution in [0.1, 0.15) is 36.8 Å². The number of piperidine rings is 1. The topological polar surface area (TPSA) is 45.2 Å². The maximum Gasteiger partial charge on any atom is 0.241 e. The maximum absolute atomic E-state index is 12.5. The van der Waals surface area contributed by atoms with Crippen LogP contribution in [0.5, 0.6) is 0 Å². The highest BCUT2D eigenvalue weighted by Crippen LogP contribution is 2.24. The highest BCUT2D eigenvalue weighted by Gasteiger charge is 2.22. The van der Waals surface area contributed by atoms with Crippen molar-refractivity contribution in [1.82, 2.24) is 9.88 Å². The number of carbonyl (C=O) groups excluding carboxylic acids is 1. The van der Waals surface area contributed by atoms with Crippen molar-refractivity contribution >= 4 is 33.1 Å². The molecule has 1 aliphatic rings. The zero-order valence-corrected chi connectivity index (χ0v) is 16.5. The number of benzene rings is 2. The molecule has 0 bridgehead atoms. The van der Waals surface area contributed by atoms with Gasteiger partial charge in [-0.2, -0.15) is 0 Å². The number of rotatable bonds is 5. The normalized spacial score (nSPS) is 16.3. The highest BCUT2D eigenvalue weighted by molar-refractivity contribution is 7.18. The van der Waals surface area contributed by atoms with Gasteiger partial charge in [0.1, 0.15) is 0 Å². The molecule has 1 N–H and O–H groups in total. The van der Waals surface area contributed by atoms with E-state index in [0.29, 0.717) is 0 Å². The van der Waals surface area contributed by atoms with Crippen molar-refractivity contribution in [2.75, 3.05) is 18.4 Å². The first-order chi connectivity index (χ1) is 13.2. The van der Waals surface area contributed by atoms with Gasteiger partial charge in [-0.25, -0.2) is 4.98 Å². The van der Waals surface area contributed by atoms with Crippen molar-refractivity contribution in [3.05, 3.63) is 59.1 Å². The van der Waals surface area contributed by atoms with Crippen molar-refractivity contribution in [2.24, 2.45) is 0 Å². The molecule has 5 heteroatoms. The number of carbonyl (C=O) groups is 1. The van der Waals surface area contributed by atoms with Crippen molar-refractivity contribution in [1.29, 1.82) is 0 Å². The lowest BCUT2D eigenvalue weighted by atomic mass is 10.1. The molecule has 1 atom stereocenters. The average molecular weight is 380 g/mol. The fourth-order valence-corrected chi connectivity index (χ4v) is 4.60. The van der Waals surface area contributed by atoms with Gasteiger partial charge in [0.05, 0.1) is 21.3 Å². The Morgan fingerprint density at radius 3 is 2.59 bits per heavy atom. The van der Waals surface area contributed by atoms with Crippen molar-refractivity contribution in [3.8, 4) is 0 Å². The molecule has 4 rings (SSSR count). The lowest BCUT2D eigenvalue weighted by Gasteiger charge is -2.31. The summed E-state index contributed by atoms with van der Waals surface area (Å²) in [4.78, 5) is 19.5. The van der Waals surface area contributed by atoms with Gasteiger partial charge in [0.25, 0.3) is 0 Å². The van der Waals surface area contributed by atoms with Gasteiger partial charge in [0, 0.05) is 12.1 Å². The third-order valence-electron chi connectivity index (χ3n) is 5.23. The van der Waals surface area contributed by atoms with Crippen LogP contribution in [0.25, 0.3) is 10.2 Å². The molecular formula is C22H25N3OS. The molecule has 4 nitrogen and oxygen atoms in total. The Bertz CT molecular complexity index is 880. The molecule has 0 spiro atoms. The third kappa shape index (κ3) is 4.37. The van der Waals surface area contributed by atoms with Crippen LogP contribution in [-0.4, -0.2) is 34.9 Å². The first-order valence-electron chi connectivity index (χ1n) is 9.67. The fraction of sp³-hybridized carbons (Fsp3) is 0.364. The lowest BCUT2D eigenvalue weighted by molar-refractivity contribution is -0.121. The van der Waals surface area contributed by atoms with Crippen LogP contribution >= 0.6 is 11.3 Å². The van der Waals surface area contributed by atoms with E-state index in [4.69, 9.17) is 4.98 Å². The molecular weight excluding hydrogens is 354 g/mol. The molecule has 0 unspecified atom stereocenters. The monoisotopic (exact) mass is 379 g/mol. The number of aromatic nitrogens is 1. The first-order valence-corrected chi connectivity index (χ1v) is 10.5. The molecule has 1 aliphatic heterocycles. The minimum absolute atomic E-state index is 0.0762. The van der Waals surface area contributed by atoms with Gasteiger partial charge in [-0.3, -0.25) is 9.69 Å². The predicted octanol–water partition coefficient (Wildman–Crippen LogP) is 4.70. The Balaban J connectivity index is 1.37. The Morgan fingerprint density at radius 2 is 1.85 bits per heavy atom. The molecule has 1 amide bonds. The van der Waals surface area contributed by atoms with Crippen LogP contribution in [-0.2, 0) is 11.2 Å². The first kappa shape index (κ1) is 18.1. The zero-order chi connectivity index (χ0) is 18.6. The Morgan fingerprint density at radius 1 is 1.11 bits per heavy atom. The number of hydrogen-bond acceptors (Lipinski definition) is 4. The van der Waals surface area contributed by atoms with E-state index >= 15 is 0 Å². The number of nitrogens with zero attached hydrogens (tertiary/aromatic N) is 2. The van der Waals surface area contributed by atoms with Gasteiger partial charge in [-0.15, -0.1) is 11.3 Å². The number of para-hydroxylation sites is 1. The van der Waals surface area contributed by atoms with Crippen LogP contribution in [0.4, 0.5) is 5.69 Å². The summed E-state index contributed by atoms with van der Waals surface area (Å²) in [5, 5.41) is 4.18. The molecule has 1 fully saturated rings. The van der Waals surface area contributed by atoms with E-state index in [-0.39, 0.29) is 11.9 Å². The minimum Gasteiger partial charge on any atom is -0.325 e. The Labute approximate surface area is 164 Å². The Kier molecular flexibility index (Phi) is 5.50. The number of amides is 1. The second-order valence-corrected chi connectivity index (χ2v) is 8.33. The van der Waals surface area contributed by atoms with Crippen LogP contribution < -0.4 is 5.32 Å². The van der Waals surface area contributed by atoms with E-state index in [1.807, 2.05) is 31.2 Å². The molecule has 1 saturated heterocycles. The quantitative estimate of drug-likeness (QED) is 0.699. The average Bonchev–Trinajstić information content (AvgIpc) is 3.12.